The van der Waals surface area contributed by atoms with Crippen LogP contribution < -0.4 is 0 Å². The summed E-state index contributed by atoms with van der Waals surface area (Å²) in [5.74, 6) is 0. The van der Waals surface area contributed by atoms with Crippen LogP contribution in [0.1, 0.15) is 12.5 Å². The van der Waals surface area contributed by atoms with Crippen LogP contribution in [0.3, 0.4) is 0 Å². The van der Waals surface area contributed by atoms with Gasteiger partial charge in [0.05, 0.1) is 0 Å². The molecule has 0 aromatic heterocycles. The molecular formula is C9H12O5P2. The maximum absolute atomic E-state index is 11.3. The van der Waals surface area contributed by atoms with E-state index in [0.29, 0.717) is 5.56 Å². The molecule has 1 aromatic rings. The van der Waals surface area contributed by atoms with Crippen LogP contribution in [0.15, 0.2) is 30.3 Å². The van der Waals surface area contributed by atoms with Gasteiger partial charge in [-0.15, -0.1) is 0 Å². The van der Waals surface area contributed by atoms with Crippen LogP contribution in [0.5, 0.6) is 0 Å². The van der Waals surface area contributed by atoms with Crippen molar-refractivity contribution in [2.75, 3.05) is 0 Å². The molecule has 0 aliphatic rings. The van der Waals surface area contributed by atoms with E-state index < -0.39 is 21.6 Å². The van der Waals surface area contributed by atoms with Crippen molar-refractivity contribution >= 4 is 16.3 Å². The van der Waals surface area contributed by atoms with Crippen molar-refractivity contribution in [3.05, 3.63) is 35.9 Å². The number of rotatable bonds is 5. The molecule has 0 saturated carbocycles. The lowest BCUT2D eigenvalue weighted by Gasteiger charge is -2.27. The summed E-state index contributed by atoms with van der Waals surface area (Å²) >= 11 is 0. The van der Waals surface area contributed by atoms with E-state index in [1.807, 2.05) is 0 Å². The average Bonchev–Trinajstić information content (AvgIpc) is 2.17. The second-order valence-electron chi connectivity index (χ2n) is 3.55. The number of benzene rings is 1. The Morgan fingerprint density at radius 3 is 2.38 bits per heavy atom. The zero-order valence-corrected chi connectivity index (χ0v) is 10.4. The molecule has 0 heterocycles. The third-order valence-corrected chi connectivity index (χ3v) is 4.33. The average molecular weight is 262 g/mol. The molecule has 88 valence electrons. The third kappa shape index (κ3) is 3.21. The first-order valence-corrected chi connectivity index (χ1v) is 6.84. The Hall–Kier alpha value is -0.570. The van der Waals surface area contributed by atoms with Gasteiger partial charge in [0.25, 0.3) is 0 Å². The summed E-state index contributed by atoms with van der Waals surface area (Å²) in [5.41, 5.74) is 0.706. The monoisotopic (exact) mass is 262 g/mol. The minimum absolute atomic E-state index is 0.00659. The van der Waals surface area contributed by atoms with Crippen LogP contribution >= 0.6 is 16.3 Å². The molecule has 0 radical (unpaired) electrons. The quantitative estimate of drug-likeness (QED) is 0.795. The SMILES string of the molecule is CC(Cc1ccccc1)(OP=O)P(=O)(O)O. The number of hydrogen-bond donors (Lipinski definition) is 2. The number of hydrogen-bond acceptors (Lipinski definition) is 3. The standard InChI is InChI=1S/C9H12O5P2/c1-9(14-15-10,16(11,12)13)7-8-5-3-2-4-6-8/h2-6H,7H2,1H3,(H2,11,12,13). The van der Waals surface area contributed by atoms with E-state index >= 15 is 0 Å². The van der Waals surface area contributed by atoms with Crippen LogP contribution in [0, 0.1) is 0 Å². The van der Waals surface area contributed by atoms with Gasteiger partial charge in [0.1, 0.15) is 0 Å². The summed E-state index contributed by atoms with van der Waals surface area (Å²) in [7, 11) is -5.25. The van der Waals surface area contributed by atoms with Gasteiger partial charge in [-0.1, -0.05) is 30.3 Å². The van der Waals surface area contributed by atoms with Crippen molar-refractivity contribution < 1.29 is 23.4 Å². The molecule has 0 saturated heterocycles. The highest BCUT2D eigenvalue weighted by molar-refractivity contribution is 7.53. The molecule has 1 unspecified atom stereocenters. The molecule has 5 nitrogen and oxygen atoms in total. The van der Waals surface area contributed by atoms with Gasteiger partial charge in [0, 0.05) is 6.42 Å². The van der Waals surface area contributed by atoms with E-state index in [-0.39, 0.29) is 6.42 Å². The van der Waals surface area contributed by atoms with Crippen LogP contribution in [0.2, 0.25) is 0 Å². The minimum atomic E-state index is -4.50. The molecule has 7 heteroatoms. The van der Waals surface area contributed by atoms with Gasteiger partial charge in [-0.3, -0.25) is 9.09 Å². The molecule has 1 aromatic carbocycles. The highest BCUT2D eigenvalue weighted by Gasteiger charge is 2.44. The fraction of sp³-hybridized carbons (Fsp3) is 0.333. The summed E-state index contributed by atoms with van der Waals surface area (Å²) in [6.45, 7) is 1.24. The maximum Gasteiger partial charge on any atom is 0.358 e. The molecule has 0 spiro atoms. The zero-order chi connectivity index (χ0) is 12.2. The van der Waals surface area contributed by atoms with Gasteiger partial charge in [0.2, 0.25) is 0 Å². The van der Waals surface area contributed by atoms with E-state index in [2.05, 4.69) is 4.52 Å². The van der Waals surface area contributed by atoms with Crippen molar-refractivity contribution in [2.24, 2.45) is 0 Å². The highest BCUT2D eigenvalue weighted by Crippen LogP contribution is 2.54. The van der Waals surface area contributed by atoms with E-state index in [4.69, 9.17) is 0 Å². The Balaban J connectivity index is 2.97. The highest BCUT2D eigenvalue weighted by atomic mass is 31.2. The summed E-state index contributed by atoms with van der Waals surface area (Å²) in [5, 5.41) is -1.77. The Kier molecular flexibility index (Phi) is 4.36. The summed E-state index contributed by atoms with van der Waals surface area (Å²) < 4.78 is 26.3. The summed E-state index contributed by atoms with van der Waals surface area (Å²) in [6.07, 6.45) is -0.00659. The zero-order valence-electron chi connectivity index (χ0n) is 8.61. The van der Waals surface area contributed by atoms with E-state index in [1.165, 1.54) is 6.92 Å². The maximum atomic E-state index is 11.3. The predicted molar refractivity (Wildman–Crippen MR) is 59.3 cm³/mol. The second kappa shape index (κ2) is 5.17. The molecule has 1 atom stereocenters. The lowest BCUT2D eigenvalue weighted by molar-refractivity contribution is 0.150. The minimum Gasteiger partial charge on any atom is -0.322 e. The Labute approximate surface area is 94.9 Å². The van der Waals surface area contributed by atoms with Crippen LogP contribution in [-0.2, 0) is 20.1 Å². The largest absolute Gasteiger partial charge is 0.358 e. The Bertz CT molecular complexity index is 402. The molecule has 0 aliphatic carbocycles. The molecule has 0 bridgehead atoms. The normalized spacial score (nSPS) is 15.9. The first-order chi connectivity index (χ1) is 7.39. The lowest BCUT2D eigenvalue weighted by atomic mass is 10.1. The topological polar surface area (TPSA) is 83.8 Å². The molecule has 0 amide bonds. The van der Waals surface area contributed by atoms with Gasteiger partial charge in [0.15, 0.2) is 5.34 Å². The van der Waals surface area contributed by atoms with E-state index in [0.717, 1.165) is 0 Å². The fourth-order valence-electron chi connectivity index (χ4n) is 1.24. The smallest absolute Gasteiger partial charge is 0.322 e. The van der Waals surface area contributed by atoms with Crippen LogP contribution in [0.4, 0.5) is 0 Å². The first-order valence-electron chi connectivity index (χ1n) is 4.49. The molecule has 16 heavy (non-hydrogen) atoms. The summed E-state index contributed by atoms with van der Waals surface area (Å²) in [6, 6.07) is 8.75. The van der Waals surface area contributed by atoms with E-state index in [9.17, 15) is 18.9 Å². The van der Waals surface area contributed by atoms with Crippen molar-refractivity contribution in [1.82, 2.24) is 0 Å². The van der Waals surface area contributed by atoms with Crippen molar-refractivity contribution in [2.45, 2.75) is 18.7 Å². The molecular weight excluding hydrogens is 250 g/mol. The van der Waals surface area contributed by atoms with Crippen LogP contribution in [-0.4, -0.2) is 15.1 Å². The molecule has 1 rings (SSSR count). The van der Waals surface area contributed by atoms with Gasteiger partial charge >= 0.3 is 16.3 Å². The van der Waals surface area contributed by atoms with Gasteiger partial charge in [-0.25, -0.2) is 4.57 Å². The first kappa shape index (κ1) is 13.5. The Morgan fingerprint density at radius 1 is 1.38 bits per heavy atom. The van der Waals surface area contributed by atoms with Gasteiger partial charge in [-0.05, 0) is 12.5 Å². The van der Waals surface area contributed by atoms with Gasteiger partial charge in [-0.2, -0.15) is 0 Å². The molecule has 2 N–H and O–H groups in total. The van der Waals surface area contributed by atoms with Gasteiger partial charge < -0.3 is 9.79 Å². The van der Waals surface area contributed by atoms with Crippen molar-refractivity contribution in [3.63, 3.8) is 0 Å². The van der Waals surface area contributed by atoms with E-state index in [1.54, 1.807) is 30.3 Å². The lowest BCUT2D eigenvalue weighted by Crippen LogP contribution is -2.28. The van der Waals surface area contributed by atoms with Crippen LogP contribution in [0.25, 0.3) is 0 Å². The second-order valence-corrected chi connectivity index (χ2v) is 5.91. The predicted octanol–water partition coefficient (Wildman–Crippen LogP) is 2.35. The summed E-state index contributed by atoms with van der Waals surface area (Å²) in [4.78, 5) is 18.3. The van der Waals surface area contributed by atoms with Crippen molar-refractivity contribution in [3.8, 4) is 0 Å². The third-order valence-electron chi connectivity index (χ3n) is 2.23. The molecule has 0 fully saturated rings. The molecule has 0 aliphatic heterocycles. The van der Waals surface area contributed by atoms with Crippen molar-refractivity contribution in [1.29, 1.82) is 0 Å². The fourth-order valence-corrected chi connectivity index (χ4v) is 2.38. The Morgan fingerprint density at radius 2 is 1.94 bits per heavy atom.